The van der Waals surface area contributed by atoms with E-state index in [1.165, 1.54) is 0 Å². The first-order chi connectivity index (χ1) is 6.47. The first-order valence-electron chi connectivity index (χ1n) is 5.30. The lowest BCUT2D eigenvalue weighted by Crippen LogP contribution is -2.48. The zero-order chi connectivity index (χ0) is 10.8. The molecule has 0 aromatic carbocycles. The molecule has 14 heavy (non-hydrogen) atoms. The molecule has 0 amide bonds. The number of Topliss-reactive ketones (excluding diaryl/α,β-unsaturated/α-hetero) is 1. The number of ketones is 1. The summed E-state index contributed by atoms with van der Waals surface area (Å²) in [6.45, 7) is 5.23. The lowest BCUT2D eigenvalue weighted by molar-refractivity contribution is -0.125. The van der Waals surface area contributed by atoms with E-state index < -0.39 is 0 Å². The standard InChI is InChI=1S/C11H21NO2/c1-11(2)5-4-9(14)8-10(11)12(3)6-7-13/h10,13H,4-8H2,1-3H3. The van der Waals surface area contributed by atoms with Gasteiger partial charge in [0, 0.05) is 25.4 Å². The van der Waals surface area contributed by atoms with Crippen LogP contribution in [0.3, 0.4) is 0 Å². The summed E-state index contributed by atoms with van der Waals surface area (Å²) in [6, 6.07) is 0.288. The van der Waals surface area contributed by atoms with Gasteiger partial charge in [-0.05, 0) is 18.9 Å². The average Bonchev–Trinajstić information content (AvgIpc) is 2.10. The van der Waals surface area contributed by atoms with Crippen molar-refractivity contribution in [1.82, 2.24) is 4.90 Å². The van der Waals surface area contributed by atoms with E-state index in [2.05, 4.69) is 18.7 Å². The van der Waals surface area contributed by atoms with Crippen LogP contribution in [-0.2, 0) is 4.79 Å². The molecule has 82 valence electrons. The molecule has 0 radical (unpaired) electrons. The molecule has 1 saturated carbocycles. The molecule has 3 heteroatoms. The normalized spacial score (nSPS) is 26.9. The summed E-state index contributed by atoms with van der Waals surface area (Å²) in [5.74, 6) is 0.360. The van der Waals surface area contributed by atoms with Crippen molar-refractivity contribution in [2.24, 2.45) is 5.41 Å². The highest BCUT2D eigenvalue weighted by molar-refractivity contribution is 5.80. The average molecular weight is 199 g/mol. The Bertz CT molecular complexity index is 213. The summed E-state index contributed by atoms with van der Waals surface area (Å²) in [5.41, 5.74) is 0.192. The van der Waals surface area contributed by atoms with Crippen molar-refractivity contribution in [2.45, 2.75) is 39.2 Å². The van der Waals surface area contributed by atoms with Gasteiger partial charge in [0.25, 0.3) is 0 Å². The molecule has 1 fully saturated rings. The smallest absolute Gasteiger partial charge is 0.134 e. The topological polar surface area (TPSA) is 40.5 Å². The van der Waals surface area contributed by atoms with Crippen LogP contribution in [0.2, 0.25) is 0 Å². The van der Waals surface area contributed by atoms with Crippen LogP contribution in [0.1, 0.15) is 33.1 Å². The van der Waals surface area contributed by atoms with Gasteiger partial charge in [-0.25, -0.2) is 0 Å². The number of carbonyl (C=O) groups is 1. The molecule has 0 heterocycles. The maximum absolute atomic E-state index is 11.4. The zero-order valence-corrected chi connectivity index (χ0v) is 9.42. The molecule has 0 aromatic rings. The van der Waals surface area contributed by atoms with Crippen LogP contribution in [0, 0.1) is 5.41 Å². The highest BCUT2D eigenvalue weighted by atomic mass is 16.3. The van der Waals surface area contributed by atoms with E-state index in [1.54, 1.807) is 0 Å². The Morgan fingerprint density at radius 2 is 2.21 bits per heavy atom. The Labute approximate surface area is 86.1 Å². The van der Waals surface area contributed by atoms with Gasteiger partial charge in [0.2, 0.25) is 0 Å². The van der Waals surface area contributed by atoms with E-state index >= 15 is 0 Å². The van der Waals surface area contributed by atoms with Gasteiger partial charge in [0.1, 0.15) is 5.78 Å². The second-order valence-electron chi connectivity index (χ2n) is 4.95. The molecule has 1 aliphatic carbocycles. The van der Waals surface area contributed by atoms with Crippen LogP contribution in [0.5, 0.6) is 0 Å². The van der Waals surface area contributed by atoms with E-state index in [9.17, 15) is 4.79 Å². The van der Waals surface area contributed by atoms with Crippen molar-refractivity contribution in [3.05, 3.63) is 0 Å². The number of carbonyl (C=O) groups excluding carboxylic acids is 1. The molecule has 1 N–H and O–H groups in total. The Morgan fingerprint density at radius 1 is 1.57 bits per heavy atom. The van der Waals surface area contributed by atoms with Crippen LogP contribution >= 0.6 is 0 Å². The maximum Gasteiger partial charge on any atom is 0.134 e. The summed E-state index contributed by atoms with van der Waals surface area (Å²) < 4.78 is 0. The first-order valence-corrected chi connectivity index (χ1v) is 5.30. The van der Waals surface area contributed by atoms with E-state index in [0.29, 0.717) is 18.7 Å². The van der Waals surface area contributed by atoms with E-state index in [0.717, 1.165) is 12.8 Å². The van der Waals surface area contributed by atoms with Crippen molar-refractivity contribution in [3.63, 3.8) is 0 Å². The monoisotopic (exact) mass is 199 g/mol. The number of aliphatic hydroxyl groups excluding tert-OH is 1. The fourth-order valence-electron chi connectivity index (χ4n) is 2.29. The van der Waals surface area contributed by atoms with Crippen LogP contribution in [0.25, 0.3) is 0 Å². The van der Waals surface area contributed by atoms with Crippen LogP contribution < -0.4 is 0 Å². The summed E-state index contributed by atoms with van der Waals surface area (Å²) >= 11 is 0. The molecule has 0 bridgehead atoms. The molecule has 0 aromatic heterocycles. The minimum atomic E-state index is 0.164. The second-order valence-corrected chi connectivity index (χ2v) is 4.95. The first kappa shape index (κ1) is 11.7. The zero-order valence-electron chi connectivity index (χ0n) is 9.42. The van der Waals surface area contributed by atoms with Crippen molar-refractivity contribution in [2.75, 3.05) is 20.2 Å². The number of likely N-dealkylation sites (N-methyl/N-ethyl adjacent to an activating group) is 1. The molecule has 0 aliphatic heterocycles. The van der Waals surface area contributed by atoms with Gasteiger partial charge in [-0.15, -0.1) is 0 Å². The largest absolute Gasteiger partial charge is 0.395 e. The molecular weight excluding hydrogens is 178 g/mol. The van der Waals surface area contributed by atoms with Gasteiger partial charge in [-0.3, -0.25) is 4.79 Å². The third-order valence-electron chi connectivity index (χ3n) is 3.36. The third kappa shape index (κ3) is 2.55. The van der Waals surface area contributed by atoms with Crippen molar-refractivity contribution in [1.29, 1.82) is 0 Å². The van der Waals surface area contributed by atoms with E-state index in [-0.39, 0.29) is 18.1 Å². The predicted molar refractivity (Wildman–Crippen MR) is 56.1 cm³/mol. The van der Waals surface area contributed by atoms with Gasteiger partial charge in [-0.1, -0.05) is 13.8 Å². The minimum Gasteiger partial charge on any atom is -0.395 e. The van der Waals surface area contributed by atoms with E-state index in [1.807, 2.05) is 7.05 Å². The number of aliphatic hydroxyl groups is 1. The molecule has 3 nitrogen and oxygen atoms in total. The maximum atomic E-state index is 11.4. The van der Waals surface area contributed by atoms with Crippen molar-refractivity contribution in [3.8, 4) is 0 Å². The highest BCUT2D eigenvalue weighted by Crippen LogP contribution is 2.36. The fraction of sp³-hybridized carbons (Fsp3) is 0.909. The molecule has 1 rings (SSSR count). The lowest BCUT2D eigenvalue weighted by Gasteiger charge is -2.43. The predicted octanol–water partition coefficient (Wildman–Crippen LogP) is 1.06. The molecule has 0 saturated heterocycles. The number of nitrogens with zero attached hydrogens (tertiary/aromatic N) is 1. The minimum absolute atomic E-state index is 0.164. The highest BCUT2D eigenvalue weighted by Gasteiger charge is 2.37. The van der Waals surface area contributed by atoms with Gasteiger partial charge in [0.15, 0.2) is 0 Å². The Kier molecular flexibility index (Phi) is 3.67. The Morgan fingerprint density at radius 3 is 2.79 bits per heavy atom. The fourth-order valence-corrected chi connectivity index (χ4v) is 2.29. The summed E-state index contributed by atoms with van der Waals surface area (Å²) in [7, 11) is 1.99. The molecule has 1 atom stereocenters. The summed E-state index contributed by atoms with van der Waals surface area (Å²) in [4.78, 5) is 13.5. The third-order valence-corrected chi connectivity index (χ3v) is 3.36. The van der Waals surface area contributed by atoms with Gasteiger partial charge >= 0.3 is 0 Å². The summed E-state index contributed by atoms with van der Waals surface area (Å²) in [5, 5.41) is 8.88. The lowest BCUT2D eigenvalue weighted by atomic mass is 9.72. The molecular formula is C11H21NO2. The van der Waals surface area contributed by atoms with Crippen LogP contribution in [0.4, 0.5) is 0 Å². The SMILES string of the molecule is CN(CCO)C1CC(=O)CCC1(C)C. The van der Waals surface area contributed by atoms with Gasteiger partial charge in [0.05, 0.1) is 6.61 Å². The number of hydrogen-bond acceptors (Lipinski definition) is 3. The van der Waals surface area contributed by atoms with Crippen LogP contribution in [-0.4, -0.2) is 42.0 Å². The molecule has 1 unspecified atom stereocenters. The van der Waals surface area contributed by atoms with Crippen molar-refractivity contribution < 1.29 is 9.90 Å². The number of rotatable bonds is 3. The Balaban J connectivity index is 2.66. The Hall–Kier alpha value is -0.410. The van der Waals surface area contributed by atoms with Crippen molar-refractivity contribution >= 4 is 5.78 Å². The number of hydrogen-bond donors (Lipinski definition) is 1. The second kappa shape index (κ2) is 4.41. The van der Waals surface area contributed by atoms with E-state index in [4.69, 9.17) is 5.11 Å². The van der Waals surface area contributed by atoms with Gasteiger partial charge in [-0.2, -0.15) is 0 Å². The molecule has 0 spiro atoms. The summed E-state index contributed by atoms with van der Waals surface area (Å²) in [6.07, 6.45) is 2.33. The van der Waals surface area contributed by atoms with Gasteiger partial charge < -0.3 is 10.0 Å². The molecule has 1 aliphatic rings. The van der Waals surface area contributed by atoms with Crippen LogP contribution in [0.15, 0.2) is 0 Å². The quantitative estimate of drug-likeness (QED) is 0.739.